The molecule has 2 heterocycles. The van der Waals surface area contributed by atoms with E-state index in [1.54, 1.807) is 24.3 Å². The second kappa shape index (κ2) is 4.44. The molecule has 1 N–H and O–H groups in total. The summed E-state index contributed by atoms with van der Waals surface area (Å²) in [4.78, 5) is 4.45. The minimum absolute atomic E-state index is 0.129. The molecular formula is C14H15FN2S. The van der Waals surface area contributed by atoms with E-state index < -0.39 is 0 Å². The molecule has 1 aliphatic heterocycles. The lowest BCUT2D eigenvalue weighted by atomic mass is 9.80. The predicted octanol–water partition coefficient (Wildman–Crippen LogP) is 2.87. The maximum Gasteiger partial charge on any atom is 0.126 e. The van der Waals surface area contributed by atoms with Crippen molar-refractivity contribution in [2.45, 2.75) is 18.8 Å². The number of hydrogen-bond donors (Lipinski definition) is 1. The smallest absolute Gasteiger partial charge is 0.126 e. The van der Waals surface area contributed by atoms with Crippen LogP contribution in [0.25, 0.3) is 0 Å². The highest BCUT2D eigenvalue weighted by Crippen LogP contribution is 2.39. The van der Waals surface area contributed by atoms with Crippen molar-refractivity contribution in [1.82, 2.24) is 10.3 Å². The molecule has 1 atom stereocenters. The zero-order valence-electron chi connectivity index (χ0n) is 10.2. The number of aryl methyl sites for hydroxylation is 1. The molecule has 2 nitrogen and oxygen atoms in total. The number of hydrogen-bond acceptors (Lipinski definition) is 3. The summed E-state index contributed by atoms with van der Waals surface area (Å²) in [5.74, 6) is -0.129. The number of rotatable bonds is 2. The van der Waals surface area contributed by atoms with E-state index in [1.165, 1.54) is 0 Å². The van der Waals surface area contributed by atoms with Gasteiger partial charge in [0.25, 0.3) is 0 Å². The fourth-order valence-electron chi connectivity index (χ4n) is 2.59. The molecule has 0 amide bonds. The minimum atomic E-state index is -0.150. The molecule has 0 spiro atoms. The Hall–Kier alpha value is -1.26. The fourth-order valence-corrected chi connectivity index (χ4v) is 3.48. The Kier molecular flexibility index (Phi) is 2.92. The van der Waals surface area contributed by atoms with Gasteiger partial charge in [-0.3, -0.25) is 0 Å². The highest BCUT2D eigenvalue weighted by atomic mass is 32.1. The van der Waals surface area contributed by atoms with Gasteiger partial charge in [-0.15, -0.1) is 11.3 Å². The van der Waals surface area contributed by atoms with Gasteiger partial charge in [0.1, 0.15) is 10.8 Å². The normalized spacial score (nSPS) is 23.4. The van der Waals surface area contributed by atoms with Crippen molar-refractivity contribution in [3.05, 3.63) is 51.7 Å². The van der Waals surface area contributed by atoms with Crippen LogP contribution in [0.3, 0.4) is 0 Å². The number of nitrogens with zero attached hydrogens (tertiary/aromatic N) is 1. The van der Waals surface area contributed by atoms with Crippen molar-refractivity contribution >= 4 is 11.3 Å². The lowest BCUT2D eigenvalue weighted by Gasteiger charge is -2.26. The van der Waals surface area contributed by atoms with E-state index in [1.807, 2.05) is 23.7 Å². The number of aromatic nitrogens is 1. The Morgan fingerprint density at radius 2 is 2.33 bits per heavy atom. The Bertz CT molecular complexity index is 545. The summed E-state index contributed by atoms with van der Waals surface area (Å²) in [6, 6.07) is 5.56. The van der Waals surface area contributed by atoms with Gasteiger partial charge < -0.3 is 5.32 Å². The zero-order chi connectivity index (χ0) is 12.6. The molecule has 0 saturated carbocycles. The van der Waals surface area contributed by atoms with E-state index >= 15 is 0 Å². The standard InChI is InChI=1S/C14H15FN2S/c1-10-2-3-11(8-12(10)15)14(4-5-16-9-14)13-17-6-7-18-13/h2-3,6-8,16H,4-5,9H2,1H3. The SMILES string of the molecule is Cc1ccc(C2(c3nccs3)CCNC2)cc1F. The highest BCUT2D eigenvalue weighted by Gasteiger charge is 2.39. The Labute approximate surface area is 110 Å². The molecule has 4 heteroatoms. The van der Waals surface area contributed by atoms with E-state index in [2.05, 4.69) is 10.3 Å². The van der Waals surface area contributed by atoms with E-state index in [0.717, 1.165) is 30.1 Å². The lowest BCUT2D eigenvalue weighted by Crippen LogP contribution is -2.30. The summed E-state index contributed by atoms with van der Waals surface area (Å²) in [5, 5.41) is 6.44. The third-order valence-corrected chi connectivity index (χ3v) is 4.70. The maximum absolute atomic E-state index is 13.8. The average Bonchev–Trinajstić information content (AvgIpc) is 3.01. The first kappa shape index (κ1) is 11.8. The minimum Gasteiger partial charge on any atom is -0.315 e. The Balaban J connectivity index is 2.12. The summed E-state index contributed by atoms with van der Waals surface area (Å²) in [7, 11) is 0. The average molecular weight is 262 g/mol. The molecule has 0 bridgehead atoms. The summed E-state index contributed by atoms with van der Waals surface area (Å²) in [6.07, 6.45) is 2.80. The van der Waals surface area contributed by atoms with Crippen LogP contribution in [-0.2, 0) is 5.41 Å². The van der Waals surface area contributed by atoms with Crippen molar-refractivity contribution in [1.29, 1.82) is 0 Å². The van der Waals surface area contributed by atoms with Crippen molar-refractivity contribution < 1.29 is 4.39 Å². The van der Waals surface area contributed by atoms with Crippen LogP contribution in [0.1, 0.15) is 22.6 Å². The van der Waals surface area contributed by atoms with Crippen LogP contribution < -0.4 is 5.32 Å². The van der Waals surface area contributed by atoms with Crippen LogP contribution in [0, 0.1) is 12.7 Å². The Morgan fingerprint density at radius 1 is 1.44 bits per heavy atom. The molecule has 94 valence electrons. The highest BCUT2D eigenvalue weighted by molar-refractivity contribution is 7.09. The van der Waals surface area contributed by atoms with Gasteiger partial charge in [0.2, 0.25) is 0 Å². The first-order chi connectivity index (χ1) is 8.72. The van der Waals surface area contributed by atoms with E-state index in [9.17, 15) is 4.39 Å². The topological polar surface area (TPSA) is 24.9 Å². The van der Waals surface area contributed by atoms with Crippen molar-refractivity contribution in [3.8, 4) is 0 Å². The molecule has 1 aromatic heterocycles. The fraction of sp³-hybridized carbons (Fsp3) is 0.357. The van der Waals surface area contributed by atoms with Gasteiger partial charge in [0.05, 0.1) is 5.41 Å². The van der Waals surface area contributed by atoms with Gasteiger partial charge >= 0.3 is 0 Å². The molecule has 3 rings (SSSR count). The van der Waals surface area contributed by atoms with Crippen LogP contribution in [0.4, 0.5) is 4.39 Å². The largest absolute Gasteiger partial charge is 0.315 e. The quantitative estimate of drug-likeness (QED) is 0.900. The summed E-state index contributed by atoms with van der Waals surface area (Å²) >= 11 is 1.65. The van der Waals surface area contributed by atoms with Gasteiger partial charge in [-0.1, -0.05) is 12.1 Å². The molecule has 0 aliphatic carbocycles. The van der Waals surface area contributed by atoms with E-state index in [-0.39, 0.29) is 11.2 Å². The number of nitrogens with one attached hydrogen (secondary N) is 1. The van der Waals surface area contributed by atoms with Crippen LogP contribution in [0.5, 0.6) is 0 Å². The summed E-state index contributed by atoms with van der Waals surface area (Å²) < 4.78 is 13.8. The van der Waals surface area contributed by atoms with Crippen molar-refractivity contribution in [2.24, 2.45) is 0 Å². The number of halogens is 1. The molecule has 1 unspecified atom stereocenters. The van der Waals surface area contributed by atoms with Gasteiger partial charge in [-0.2, -0.15) is 0 Å². The third kappa shape index (κ3) is 1.76. The number of thiazole rings is 1. The van der Waals surface area contributed by atoms with Crippen LogP contribution in [-0.4, -0.2) is 18.1 Å². The van der Waals surface area contributed by atoms with Crippen molar-refractivity contribution in [2.75, 3.05) is 13.1 Å². The second-order valence-corrected chi connectivity index (χ2v) is 5.70. The predicted molar refractivity (Wildman–Crippen MR) is 71.5 cm³/mol. The molecule has 1 saturated heterocycles. The lowest BCUT2D eigenvalue weighted by molar-refractivity contribution is 0.552. The molecule has 18 heavy (non-hydrogen) atoms. The first-order valence-electron chi connectivity index (χ1n) is 6.10. The van der Waals surface area contributed by atoms with E-state index in [4.69, 9.17) is 0 Å². The van der Waals surface area contributed by atoms with Crippen LogP contribution >= 0.6 is 11.3 Å². The molecule has 1 aromatic carbocycles. The monoisotopic (exact) mass is 262 g/mol. The van der Waals surface area contributed by atoms with Gasteiger partial charge in [-0.25, -0.2) is 9.37 Å². The summed E-state index contributed by atoms with van der Waals surface area (Å²) in [5.41, 5.74) is 1.58. The Morgan fingerprint density at radius 3 is 2.94 bits per heavy atom. The summed E-state index contributed by atoms with van der Waals surface area (Å²) in [6.45, 7) is 3.58. The second-order valence-electron chi connectivity index (χ2n) is 4.81. The van der Waals surface area contributed by atoms with Gasteiger partial charge in [0.15, 0.2) is 0 Å². The van der Waals surface area contributed by atoms with Gasteiger partial charge in [-0.05, 0) is 37.1 Å². The van der Waals surface area contributed by atoms with Gasteiger partial charge in [0, 0.05) is 18.1 Å². The molecule has 1 aliphatic rings. The third-order valence-electron chi connectivity index (χ3n) is 3.72. The molecule has 2 aromatic rings. The van der Waals surface area contributed by atoms with E-state index in [0.29, 0.717) is 5.56 Å². The zero-order valence-corrected chi connectivity index (χ0v) is 11.1. The molecule has 0 radical (unpaired) electrons. The maximum atomic E-state index is 13.8. The van der Waals surface area contributed by atoms with Crippen LogP contribution in [0.2, 0.25) is 0 Å². The number of benzene rings is 1. The van der Waals surface area contributed by atoms with Crippen LogP contribution in [0.15, 0.2) is 29.8 Å². The molecular weight excluding hydrogens is 247 g/mol. The van der Waals surface area contributed by atoms with Crippen molar-refractivity contribution in [3.63, 3.8) is 0 Å². The molecule has 1 fully saturated rings. The first-order valence-corrected chi connectivity index (χ1v) is 6.98.